The summed E-state index contributed by atoms with van der Waals surface area (Å²) in [7, 11) is -3.42. The number of Topliss-reactive ketones (excluding diaryl/α,β-unsaturated/α-hetero) is 1. The zero-order chi connectivity index (χ0) is 24.4. The van der Waals surface area contributed by atoms with E-state index in [2.05, 4.69) is 21.8 Å². The number of fused-ring (bicyclic) bond motifs is 3. The number of sulfonamides is 1. The maximum atomic E-state index is 13.7. The molecule has 2 fully saturated rings. The minimum atomic E-state index is -3.42. The number of anilines is 1. The van der Waals surface area contributed by atoms with Gasteiger partial charge in [0.25, 0.3) is 0 Å². The van der Waals surface area contributed by atoms with Crippen LogP contribution in [0.1, 0.15) is 52.7 Å². The van der Waals surface area contributed by atoms with E-state index >= 15 is 0 Å². The Labute approximate surface area is 206 Å². The summed E-state index contributed by atoms with van der Waals surface area (Å²) in [4.78, 5) is 16.3. The lowest BCUT2D eigenvalue weighted by molar-refractivity contribution is 0.0571. The van der Waals surface area contributed by atoms with E-state index in [1.54, 1.807) is 18.2 Å². The largest absolute Gasteiger partial charge is 0.492 e. The molecule has 182 valence electrons. The minimum absolute atomic E-state index is 0.0210. The highest BCUT2D eigenvalue weighted by molar-refractivity contribution is 7.92. The van der Waals surface area contributed by atoms with Crippen LogP contribution in [-0.2, 0) is 22.9 Å². The van der Waals surface area contributed by atoms with E-state index in [-0.39, 0.29) is 11.2 Å². The maximum Gasteiger partial charge on any atom is 0.229 e. The molecule has 1 N–H and O–H groups in total. The van der Waals surface area contributed by atoms with Gasteiger partial charge in [0.15, 0.2) is 5.78 Å². The average molecular weight is 492 g/mol. The highest BCUT2D eigenvalue weighted by atomic mass is 32.2. The Morgan fingerprint density at radius 2 is 1.94 bits per heavy atom. The van der Waals surface area contributed by atoms with E-state index in [1.807, 2.05) is 12.1 Å². The maximum absolute atomic E-state index is 13.7. The van der Waals surface area contributed by atoms with Crippen LogP contribution in [0.4, 0.5) is 5.69 Å². The van der Waals surface area contributed by atoms with Gasteiger partial charge in [-0.25, -0.2) is 8.42 Å². The van der Waals surface area contributed by atoms with Crippen LogP contribution >= 0.6 is 0 Å². The van der Waals surface area contributed by atoms with Crippen molar-refractivity contribution in [3.05, 3.63) is 58.7 Å². The van der Waals surface area contributed by atoms with Gasteiger partial charge in [0.05, 0.1) is 28.9 Å². The van der Waals surface area contributed by atoms with Crippen molar-refractivity contribution in [2.45, 2.75) is 44.6 Å². The van der Waals surface area contributed by atoms with Crippen molar-refractivity contribution in [3.63, 3.8) is 0 Å². The number of likely N-dealkylation sites (tertiary alicyclic amines) is 1. The first-order valence-corrected chi connectivity index (χ1v) is 14.2. The number of aryl methyl sites for hydroxylation is 1. The summed E-state index contributed by atoms with van der Waals surface area (Å²) in [5.41, 5.74) is 3.78. The molecule has 2 atom stereocenters. The van der Waals surface area contributed by atoms with E-state index < -0.39 is 15.4 Å². The first-order valence-electron chi connectivity index (χ1n) is 12.3. The molecule has 4 aliphatic rings. The van der Waals surface area contributed by atoms with Gasteiger partial charge in [0.2, 0.25) is 10.0 Å². The van der Waals surface area contributed by atoms with Gasteiger partial charge in [-0.2, -0.15) is 5.26 Å². The molecule has 0 radical (unpaired) electrons. The number of carbonyl (C=O) groups excluding carboxylic acids is 1. The fourth-order valence-corrected chi connectivity index (χ4v) is 7.34. The Hall–Kier alpha value is -2.89. The van der Waals surface area contributed by atoms with Crippen LogP contribution < -0.4 is 9.46 Å². The van der Waals surface area contributed by atoms with Crippen LogP contribution in [0.2, 0.25) is 0 Å². The highest BCUT2D eigenvalue weighted by Gasteiger charge is 2.73. The quantitative estimate of drug-likeness (QED) is 0.705. The third-order valence-corrected chi connectivity index (χ3v) is 9.38. The summed E-state index contributed by atoms with van der Waals surface area (Å²) in [6.45, 7) is 2.37. The molecule has 7 nitrogen and oxygen atoms in total. The van der Waals surface area contributed by atoms with Gasteiger partial charge < -0.3 is 9.64 Å². The second kappa shape index (κ2) is 7.81. The van der Waals surface area contributed by atoms with Gasteiger partial charge >= 0.3 is 0 Å². The second-order valence-corrected chi connectivity index (χ2v) is 12.5. The van der Waals surface area contributed by atoms with E-state index in [9.17, 15) is 13.2 Å². The van der Waals surface area contributed by atoms with E-state index in [0.29, 0.717) is 29.6 Å². The summed E-state index contributed by atoms with van der Waals surface area (Å²) in [5.74, 6) is 0.642. The number of ketones is 1. The van der Waals surface area contributed by atoms with Crippen molar-refractivity contribution in [1.82, 2.24) is 4.90 Å². The molecule has 1 unspecified atom stereocenters. The van der Waals surface area contributed by atoms with Crippen molar-refractivity contribution in [1.29, 1.82) is 5.26 Å². The van der Waals surface area contributed by atoms with Gasteiger partial charge in [-0.05, 0) is 98.5 Å². The van der Waals surface area contributed by atoms with Gasteiger partial charge in [-0.3, -0.25) is 9.52 Å². The smallest absolute Gasteiger partial charge is 0.229 e. The molecule has 6 rings (SSSR count). The number of ether oxygens (including phenoxy) is 1. The number of carbonyl (C=O) groups is 1. The number of hydrogen-bond donors (Lipinski definition) is 1. The summed E-state index contributed by atoms with van der Waals surface area (Å²) in [6.07, 6.45) is 7.04. The third kappa shape index (κ3) is 3.73. The van der Waals surface area contributed by atoms with Crippen molar-refractivity contribution in [2.75, 3.05) is 30.7 Å². The summed E-state index contributed by atoms with van der Waals surface area (Å²) in [5, 5.41) is 9.17. The summed E-state index contributed by atoms with van der Waals surface area (Å²) < 4.78 is 31.8. The van der Waals surface area contributed by atoms with Crippen molar-refractivity contribution >= 4 is 21.5 Å². The van der Waals surface area contributed by atoms with E-state index in [0.717, 1.165) is 63.4 Å². The number of benzene rings is 2. The molecular weight excluding hydrogens is 462 g/mol. The monoisotopic (exact) mass is 491 g/mol. The molecule has 2 spiro atoms. The number of nitriles is 1. The molecule has 2 aromatic rings. The predicted molar refractivity (Wildman–Crippen MR) is 132 cm³/mol. The van der Waals surface area contributed by atoms with Crippen molar-refractivity contribution < 1.29 is 17.9 Å². The zero-order valence-electron chi connectivity index (χ0n) is 19.8. The molecule has 2 heterocycles. The summed E-state index contributed by atoms with van der Waals surface area (Å²) in [6, 6.07) is 13.8. The molecule has 0 bridgehead atoms. The molecule has 2 aromatic carbocycles. The predicted octanol–water partition coefficient (Wildman–Crippen LogP) is 3.53. The standard InChI is InChI=1S/C27H29N3O4S/c1-35(32,33)29-21-5-7-24-23(14-21)25(31)27(17-34-24)16-26(27)8-10-30(11-9-26)22-6-4-19-12-18(15-28)2-3-20(19)13-22/h2-3,5,7,12,14,22,29H,4,6,8-11,13,16-17H2,1H3/t22-,27?/m0/s1. The Balaban J connectivity index is 1.15. The second-order valence-electron chi connectivity index (χ2n) is 10.8. The lowest BCUT2D eigenvalue weighted by atomic mass is 9.78. The number of nitrogens with one attached hydrogen (secondary N) is 1. The Kier molecular flexibility index (Phi) is 5.03. The van der Waals surface area contributed by atoms with E-state index in [1.165, 1.54) is 11.1 Å². The van der Waals surface area contributed by atoms with Gasteiger partial charge in [-0.1, -0.05) is 6.07 Å². The average Bonchev–Trinajstić information content (AvgIpc) is 3.46. The van der Waals surface area contributed by atoms with Crippen LogP contribution in [-0.4, -0.2) is 51.1 Å². The van der Waals surface area contributed by atoms with Crippen LogP contribution in [0.25, 0.3) is 0 Å². The summed E-state index contributed by atoms with van der Waals surface area (Å²) >= 11 is 0. The number of hydrogen-bond acceptors (Lipinski definition) is 6. The van der Waals surface area contributed by atoms with E-state index in [4.69, 9.17) is 10.00 Å². The van der Waals surface area contributed by atoms with Crippen LogP contribution in [0.5, 0.6) is 5.75 Å². The van der Waals surface area contributed by atoms with Crippen molar-refractivity contribution in [2.24, 2.45) is 10.8 Å². The first kappa shape index (κ1) is 22.6. The minimum Gasteiger partial charge on any atom is -0.492 e. The fourth-order valence-electron chi connectivity index (χ4n) is 6.78. The van der Waals surface area contributed by atoms with Crippen molar-refractivity contribution in [3.8, 4) is 11.8 Å². The molecule has 1 saturated heterocycles. The SMILES string of the molecule is CS(=O)(=O)Nc1ccc2c(c1)C(=O)C1(CO2)CC12CCN([C@H]1CCc3cc(C#N)ccc3C1)CC2. The Morgan fingerprint density at radius 1 is 1.14 bits per heavy atom. The van der Waals surface area contributed by atoms with Gasteiger partial charge in [0, 0.05) is 11.7 Å². The molecule has 2 aliphatic heterocycles. The zero-order valence-corrected chi connectivity index (χ0v) is 20.7. The molecule has 35 heavy (non-hydrogen) atoms. The number of piperidine rings is 1. The van der Waals surface area contributed by atoms with Gasteiger partial charge in [0.1, 0.15) is 12.4 Å². The highest BCUT2D eigenvalue weighted by Crippen LogP contribution is 2.71. The van der Waals surface area contributed by atoms with Crippen LogP contribution in [0.15, 0.2) is 36.4 Å². The lowest BCUT2D eigenvalue weighted by Gasteiger charge is -2.42. The third-order valence-electron chi connectivity index (χ3n) is 8.78. The Bertz CT molecular complexity index is 1370. The normalized spacial score (nSPS) is 27.0. The molecular formula is C27H29N3O4S. The Morgan fingerprint density at radius 3 is 2.69 bits per heavy atom. The molecule has 0 aromatic heterocycles. The topological polar surface area (TPSA) is 99.5 Å². The number of rotatable bonds is 3. The molecule has 1 saturated carbocycles. The molecule has 0 amide bonds. The van der Waals surface area contributed by atoms with Gasteiger partial charge in [-0.15, -0.1) is 0 Å². The lowest BCUT2D eigenvalue weighted by Crippen LogP contribution is -2.47. The first-order chi connectivity index (χ1) is 16.7. The molecule has 8 heteroatoms. The number of nitrogens with zero attached hydrogens (tertiary/aromatic N) is 2. The van der Waals surface area contributed by atoms with Crippen LogP contribution in [0, 0.1) is 22.2 Å². The molecule has 2 aliphatic carbocycles. The fraction of sp³-hybridized carbons (Fsp3) is 0.481. The van der Waals surface area contributed by atoms with Crippen LogP contribution in [0.3, 0.4) is 0 Å².